The van der Waals surface area contributed by atoms with Gasteiger partial charge in [-0.15, -0.1) is 0 Å². The third-order valence-corrected chi connectivity index (χ3v) is 4.54. The maximum atomic E-state index is 12.8. The zero-order valence-corrected chi connectivity index (χ0v) is 15.7. The van der Waals surface area contributed by atoms with Crippen molar-refractivity contribution < 1.29 is 14.1 Å². The van der Waals surface area contributed by atoms with Crippen LogP contribution in [0.1, 0.15) is 23.0 Å². The van der Waals surface area contributed by atoms with Crippen LogP contribution in [0.4, 0.5) is 0 Å². The molecule has 1 aliphatic rings. The van der Waals surface area contributed by atoms with E-state index in [-0.39, 0.29) is 12.5 Å². The van der Waals surface area contributed by atoms with Gasteiger partial charge in [0, 0.05) is 25.9 Å². The smallest absolute Gasteiger partial charge is 0.261 e. The maximum Gasteiger partial charge on any atom is 0.261 e. The number of hydrogen-bond acceptors (Lipinski definition) is 7. The summed E-state index contributed by atoms with van der Waals surface area (Å²) in [6.07, 6.45) is 6.58. The lowest BCUT2D eigenvalue weighted by molar-refractivity contribution is -0.135. The standard InChI is InChI=1S/C20H18N6O3/c1-25-12-16(11-22-25)20-23-19(24-29-20)17-13-28-8-7-26(17)18(27)6-5-14-3-2-4-15(9-14)10-21/h2-6,9,11-12,17H,7-8,13H2,1H3/b6-5+. The number of morpholine rings is 1. The lowest BCUT2D eigenvalue weighted by Gasteiger charge is -2.32. The Balaban J connectivity index is 1.53. The highest BCUT2D eigenvalue weighted by atomic mass is 16.5. The molecule has 146 valence electrons. The number of benzene rings is 1. The number of aromatic nitrogens is 4. The molecule has 0 aliphatic carbocycles. The Morgan fingerprint density at radius 2 is 2.31 bits per heavy atom. The van der Waals surface area contributed by atoms with Crippen molar-refractivity contribution in [3.8, 4) is 17.5 Å². The molecule has 1 atom stereocenters. The second-order valence-corrected chi connectivity index (χ2v) is 6.55. The molecule has 1 fully saturated rings. The predicted octanol–water partition coefficient (Wildman–Crippen LogP) is 1.96. The van der Waals surface area contributed by atoms with Gasteiger partial charge in [-0.25, -0.2) is 0 Å². The van der Waals surface area contributed by atoms with E-state index in [0.717, 1.165) is 5.56 Å². The zero-order valence-electron chi connectivity index (χ0n) is 15.7. The molecule has 0 radical (unpaired) electrons. The van der Waals surface area contributed by atoms with Gasteiger partial charge < -0.3 is 14.2 Å². The van der Waals surface area contributed by atoms with E-state index in [1.165, 1.54) is 6.08 Å². The normalized spacial score (nSPS) is 16.8. The summed E-state index contributed by atoms with van der Waals surface area (Å²) < 4.78 is 12.5. The molecule has 1 saturated heterocycles. The van der Waals surface area contributed by atoms with E-state index in [9.17, 15) is 4.79 Å². The minimum absolute atomic E-state index is 0.187. The quantitative estimate of drug-likeness (QED) is 0.626. The first-order valence-electron chi connectivity index (χ1n) is 9.03. The molecule has 1 aromatic carbocycles. The number of ether oxygens (including phenoxy) is 1. The molecule has 1 aliphatic heterocycles. The van der Waals surface area contributed by atoms with Gasteiger partial charge in [0.25, 0.3) is 5.89 Å². The van der Waals surface area contributed by atoms with Crippen LogP contribution in [0, 0.1) is 11.3 Å². The molecule has 1 unspecified atom stereocenters. The van der Waals surface area contributed by atoms with Gasteiger partial charge in [0.05, 0.1) is 36.6 Å². The average molecular weight is 390 g/mol. The van der Waals surface area contributed by atoms with Crippen LogP contribution in [0.25, 0.3) is 17.5 Å². The molecule has 0 spiro atoms. The van der Waals surface area contributed by atoms with Crippen LogP contribution in [0.3, 0.4) is 0 Å². The maximum absolute atomic E-state index is 12.8. The Kier molecular flexibility index (Phi) is 5.18. The summed E-state index contributed by atoms with van der Waals surface area (Å²) in [7, 11) is 1.80. The van der Waals surface area contributed by atoms with Crippen LogP contribution < -0.4 is 0 Å². The van der Waals surface area contributed by atoms with Gasteiger partial charge in [-0.1, -0.05) is 17.3 Å². The number of aryl methyl sites for hydroxylation is 1. The van der Waals surface area contributed by atoms with Gasteiger partial charge in [0.2, 0.25) is 5.91 Å². The summed E-state index contributed by atoms with van der Waals surface area (Å²) in [4.78, 5) is 18.9. The van der Waals surface area contributed by atoms with Crippen molar-refractivity contribution in [2.24, 2.45) is 7.05 Å². The fraction of sp³-hybridized carbons (Fsp3) is 0.250. The predicted molar refractivity (Wildman–Crippen MR) is 102 cm³/mol. The molecule has 0 bridgehead atoms. The van der Waals surface area contributed by atoms with E-state index >= 15 is 0 Å². The summed E-state index contributed by atoms with van der Waals surface area (Å²) >= 11 is 0. The molecule has 2 aromatic heterocycles. The minimum Gasteiger partial charge on any atom is -0.377 e. The second-order valence-electron chi connectivity index (χ2n) is 6.55. The largest absolute Gasteiger partial charge is 0.377 e. The summed E-state index contributed by atoms with van der Waals surface area (Å²) in [5, 5.41) is 17.1. The molecule has 1 amide bonds. The Hall–Kier alpha value is -3.77. The first-order valence-corrected chi connectivity index (χ1v) is 9.03. The first-order chi connectivity index (χ1) is 14.1. The van der Waals surface area contributed by atoms with Crippen molar-refractivity contribution in [3.63, 3.8) is 0 Å². The number of hydrogen-bond donors (Lipinski definition) is 0. The average Bonchev–Trinajstić information content (AvgIpc) is 3.41. The van der Waals surface area contributed by atoms with Crippen LogP contribution in [0.5, 0.6) is 0 Å². The number of nitriles is 1. The molecule has 29 heavy (non-hydrogen) atoms. The Bertz CT molecular complexity index is 1090. The van der Waals surface area contributed by atoms with Crippen LogP contribution >= 0.6 is 0 Å². The number of carbonyl (C=O) groups excluding carboxylic acids is 1. The topological polar surface area (TPSA) is 110 Å². The van der Waals surface area contributed by atoms with Crippen molar-refractivity contribution in [3.05, 3.63) is 59.7 Å². The summed E-state index contributed by atoms with van der Waals surface area (Å²) in [5.41, 5.74) is 2.03. The molecule has 3 heterocycles. The lowest BCUT2D eigenvalue weighted by Crippen LogP contribution is -2.43. The Labute approximate surface area is 166 Å². The second kappa shape index (κ2) is 8.08. The van der Waals surface area contributed by atoms with E-state index in [2.05, 4.69) is 21.3 Å². The van der Waals surface area contributed by atoms with Gasteiger partial charge in [0.15, 0.2) is 5.82 Å². The van der Waals surface area contributed by atoms with Crippen LogP contribution in [0.2, 0.25) is 0 Å². The summed E-state index contributed by atoms with van der Waals surface area (Å²) in [5.74, 6) is 0.542. The Morgan fingerprint density at radius 1 is 1.41 bits per heavy atom. The highest BCUT2D eigenvalue weighted by Crippen LogP contribution is 2.25. The van der Waals surface area contributed by atoms with Gasteiger partial charge in [-0.2, -0.15) is 15.3 Å². The molecule has 4 rings (SSSR count). The summed E-state index contributed by atoms with van der Waals surface area (Å²) in [6.45, 7) is 1.14. The van der Waals surface area contributed by atoms with Crippen LogP contribution in [-0.4, -0.2) is 50.5 Å². The van der Waals surface area contributed by atoms with Crippen LogP contribution in [-0.2, 0) is 16.6 Å². The van der Waals surface area contributed by atoms with Gasteiger partial charge in [-0.3, -0.25) is 9.48 Å². The highest BCUT2D eigenvalue weighted by molar-refractivity contribution is 5.92. The van der Waals surface area contributed by atoms with E-state index in [4.69, 9.17) is 14.5 Å². The number of carbonyl (C=O) groups is 1. The van der Waals surface area contributed by atoms with E-state index in [1.807, 2.05) is 6.07 Å². The van der Waals surface area contributed by atoms with Crippen molar-refractivity contribution in [1.29, 1.82) is 5.26 Å². The summed E-state index contributed by atoms with van der Waals surface area (Å²) in [6, 6.07) is 8.69. The lowest BCUT2D eigenvalue weighted by atomic mass is 10.1. The van der Waals surface area contributed by atoms with Gasteiger partial charge in [-0.05, 0) is 23.8 Å². The Morgan fingerprint density at radius 3 is 3.10 bits per heavy atom. The van der Waals surface area contributed by atoms with Crippen molar-refractivity contribution in [2.75, 3.05) is 19.8 Å². The fourth-order valence-electron chi connectivity index (χ4n) is 3.08. The number of rotatable bonds is 4. The SMILES string of the molecule is Cn1cc(-c2nc(C3COCCN3C(=O)/C=C/c3cccc(C#N)c3)no2)cn1. The van der Waals surface area contributed by atoms with Crippen molar-refractivity contribution in [2.45, 2.75) is 6.04 Å². The molecule has 3 aromatic rings. The van der Waals surface area contributed by atoms with Crippen molar-refractivity contribution in [1.82, 2.24) is 24.8 Å². The highest BCUT2D eigenvalue weighted by Gasteiger charge is 2.31. The molecular formula is C20H18N6O3. The monoisotopic (exact) mass is 390 g/mol. The molecule has 0 saturated carbocycles. The van der Waals surface area contributed by atoms with E-state index < -0.39 is 6.04 Å². The first kappa shape index (κ1) is 18.6. The number of amides is 1. The van der Waals surface area contributed by atoms with E-state index in [0.29, 0.717) is 36.0 Å². The number of nitrogens with zero attached hydrogens (tertiary/aromatic N) is 6. The molecule has 0 N–H and O–H groups in total. The van der Waals surface area contributed by atoms with Crippen LogP contribution in [0.15, 0.2) is 47.3 Å². The van der Waals surface area contributed by atoms with Gasteiger partial charge >= 0.3 is 0 Å². The zero-order chi connectivity index (χ0) is 20.2. The third-order valence-electron chi connectivity index (χ3n) is 4.54. The molecule has 9 nitrogen and oxygen atoms in total. The van der Waals surface area contributed by atoms with Crippen molar-refractivity contribution >= 4 is 12.0 Å². The fourth-order valence-corrected chi connectivity index (χ4v) is 3.08. The molecular weight excluding hydrogens is 372 g/mol. The third kappa shape index (κ3) is 4.07. The minimum atomic E-state index is -0.444. The van der Waals surface area contributed by atoms with E-state index in [1.54, 1.807) is 53.3 Å². The molecule has 9 heteroatoms. The van der Waals surface area contributed by atoms with Gasteiger partial charge in [0.1, 0.15) is 6.04 Å².